The summed E-state index contributed by atoms with van der Waals surface area (Å²) < 4.78 is 1.17. The van der Waals surface area contributed by atoms with Crippen LogP contribution < -0.4 is 4.84 Å². The smallest absolute Gasteiger partial charge is 0.357 e. The summed E-state index contributed by atoms with van der Waals surface area (Å²) in [5.41, 5.74) is 1.56. The van der Waals surface area contributed by atoms with E-state index in [0.717, 1.165) is 0 Å². The minimum Gasteiger partial charge on any atom is -0.476 e. The molecule has 0 aliphatic rings. The Morgan fingerprint density at radius 3 is 2.53 bits per heavy atom. The van der Waals surface area contributed by atoms with Crippen molar-refractivity contribution >= 4 is 5.97 Å². The summed E-state index contributed by atoms with van der Waals surface area (Å²) in [5.74, 6) is -0.714. The molecule has 2 rings (SSSR count). The number of rotatable bonds is 3. The third kappa shape index (κ3) is 2.13. The second-order valence-electron chi connectivity index (χ2n) is 3.84. The van der Waals surface area contributed by atoms with Crippen molar-refractivity contribution in [1.82, 2.24) is 9.71 Å². The molecule has 0 atom stereocenters. The van der Waals surface area contributed by atoms with E-state index < -0.39 is 5.97 Å². The van der Waals surface area contributed by atoms with Crippen molar-refractivity contribution in [3.63, 3.8) is 0 Å². The molecule has 0 saturated heterocycles. The number of carboxylic acid groups (broad SMARTS) is 1. The third-order valence-electron chi connectivity index (χ3n) is 2.67. The lowest BCUT2D eigenvalue weighted by atomic mass is 10.1. The largest absolute Gasteiger partial charge is 0.476 e. The first-order valence-electron chi connectivity index (χ1n) is 5.46. The van der Waals surface area contributed by atoms with E-state index in [2.05, 4.69) is 4.98 Å². The zero-order valence-corrected chi connectivity index (χ0v) is 10.4. The maximum absolute atomic E-state index is 11.2. The van der Waals surface area contributed by atoms with E-state index in [9.17, 15) is 4.79 Å². The topological polar surface area (TPSA) is 88.1 Å². The molecule has 1 N–H and O–H groups in total. The Kier molecular flexibility index (Phi) is 3.21. The van der Waals surface area contributed by atoms with Crippen LogP contribution in [0.1, 0.15) is 21.7 Å². The Balaban J connectivity index is 2.59. The number of aromatic carboxylic acids is 1. The number of carboxylic acids is 1. The standard InChI is InChI=1S/C13H11N3O3/c1-8-11(13(17)18)16(19-2)12(15-8)10-5-3-9(7-14)4-6-10/h3-6H,1-2H3,(H,17,18). The van der Waals surface area contributed by atoms with Gasteiger partial charge in [-0.05, 0) is 31.2 Å². The molecule has 0 fully saturated rings. The van der Waals surface area contributed by atoms with Crippen LogP contribution in [-0.2, 0) is 0 Å². The predicted octanol–water partition coefficient (Wildman–Crippen LogP) is 1.49. The van der Waals surface area contributed by atoms with Crippen LogP contribution in [0.4, 0.5) is 0 Å². The summed E-state index contributed by atoms with van der Waals surface area (Å²) >= 11 is 0. The molecule has 0 aliphatic heterocycles. The van der Waals surface area contributed by atoms with E-state index in [4.69, 9.17) is 15.2 Å². The molecule has 6 heteroatoms. The Labute approximate surface area is 109 Å². The molecule has 0 bridgehead atoms. The Morgan fingerprint density at radius 2 is 2.05 bits per heavy atom. The molecule has 0 aliphatic carbocycles. The van der Waals surface area contributed by atoms with Gasteiger partial charge in [0.05, 0.1) is 17.3 Å². The van der Waals surface area contributed by atoms with Gasteiger partial charge < -0.3 is 9.94 Å². The highest BCUT2D eigenvalue weighted by Crippen LogP contribution is 2.21. The van der Waals surface area contributed by atoms with Gasteiger partial charge >= 0.3 is 5.97 Å². The monoisotopic (exact) mass is 257 g/mol. The average molecular weight is 257 g/mol. The SMILES string of the molecule is COn1c(-c2ccc(C#N)cc2)nc(C)c1C(=O)O. The van der Waals surface area contributed by atoms with Crippen molar-refractivity contribution in [2.75, 3.05) is 7.11 Å². The molecular weight excluding hydrogens is 246 g/mol. The fourth-order valence-corrected chi connectivity index (χ4v) is 1.81. The number of hydrogen-bond donors (Lipinski definition) is 1. The summed E-state index contributed by atoms with van der Waals surface area (Å²) in [7, 11) is 1.38. The van der Waals surface area contributed by atoms with Gasteiger partial charge in [0.1, 0.15) is 7.11 Å². The first-order valence-corrected chi connectivity index (χ1v) is 5.46. The lowest BCUT2D eigenvalue weighted by Gasteiger charge is -2.07. The summed E-state index contributed by atoms with van der Waals surface area (Å²) in [6.45, 7) is 1.60. The van der Waals surface area contributed by atoms with Gasteiger partial charge in [-0.25, -0.2) is 9.78 Å². The number of aromatic nitrogens is 2. The normalized spacial score (nSPS) is 9.95. The van der Waals surface area contributed by atoms with Crippen molar-refractivity contribution in [2.45, 2.75) is 6.92 Å². The molecule has 1 aromatic heterocycles. The molecule has 0 unspecified atom stereocenters. The fourth-order valence-electron chi connectivity index (χ4n) is 1.81. The molecule has 19 heavy (non-hydrogen) atoms. The highest BCUT2D eigenvalue weighted by atomic mass is 16.6. The van der Waals surface area contributed by atoms with Gasteiger partial charge in [-0.15, -0.1) is 0 Å². The second-order valence-corrected chi connectivity index (χ2v) is 3.84. The van der Waals surface area contributed by atoms with E-state index >= 15 is 0 Å². The number of imidazole rings is 1. The highest BCUT2D eigenvalue weighted by molar-refractivity contribution is 5.88. The van der Waals surface area contributed by atoms with Gasteiger partial charge in [-0.3, -0.25) is 0 Å². The minimum absolute atomic E-state index is 0.0122. The number of nitriles is 1. The highest BCUT2D eigenvalue weighted by Gasteiger charge is 2.21. The van der Waals surface area contributed by atoms with Crippen molar-refractivity contribution < 1.29 is 14.7 Å². The van der Waals surface area contributed by atoms with Crippen LogP contribution in [0.2, 0.25) is 0 Å². The molecule has 0 radical (unpaired) electrons. The van der Waals surface area contributed by atoms with Crippen molar-refractivity contribution in [2.24, 2.45) is 0 Å². The maximum Gasteiger partial charge on any atom is 0.357 e. The van der Waals surface area contributed by atoms with Crippen LogP contribution in [-0.4, -0.2) is 27.9 Å². The van der Waals surface area contributed by atoms with Crippen molar-refractivity contribution in [3.8, 4) is 17.5 Å². The molecule has 0 spiro atoms. The van der Waals surface area contributed by atoms with Crippen molar-refractivity contribution in [3.05, 3.63) is 41.2 Å². The van der Waals surface area contributed by atoms with Gasteiger partial charge in [-0.1, -0.05) is 0 Å². The number of benzene rings is 1. The van der Waals surface area contributed by atoms with Crippen LogP contribution in [0, 0.1) is 18.3 Å². The summed E-state index contributed by atoms with van der Waals surface area (Å²) in [6, 6.07) is 8.69. The van der Waals surface area contributed by atoms with E-state index in [1.165, 1.54) is 11.8 Å². The molecular formula is C13H11N3O3. The Bertz CT molecular complexity index is 666. The molecule has 0 amide bonds. The van der Waals surface area contributed by atoms with E-state index in [0.29, 0.717) is 22.6 Å². The Hall–Kier alpha value is -2.81. The first-order chi connectivity index (χ1) is 9.08. The lowest BCUT2D eigenvalue weighted by molar-refractivity contribution is 0.0640. The van der Waals surface area contributed by atoms with Crippen LogP contribution in [0.3, 0.4) is 0 Å². The number of aryl methyl sites for hydroxylation is 1. The average Bonchev–Trinajstić information content (AvgIpc) is 2.75. The van der Waals surface area contributed by atoms with Gasteiger partial charge in [0, 0.05) is 5.56 Å². The first kappa shape index (κ1) is 12.6. The van der Waals surface area contributed by atoms with Crippen LogP contribution in [0.25, 0.3) is 11.4 Å². The van der Waals surface area contributed by atoms with Gasteiger partial charge in [0.15, 0.2) is 11.5 Å². The summed E-state index contributed by atoms with van der Waals surface area (Å²) in [4.78, 5) is 20.4. The minimum atomic E-state index is -1.10. The second kappa shape index (κ2) is 4.82. The molecule has 1 aromatic carbocycles. The summed E-state index contributed by atoms with van der Waals surface area (Å²) in [6.07, 6.45) is 0. The zero-order chi connectivity index (χ0) is 14.0. The fraction of sp³-hybridized carbons (Fsp3) is 0.154. The van der Waals surface area contributed by atoms with Gasteiger partial charge in [-0.2, -0.15) is 9.99 Å². The van der Waals surface area contributed by atoms with Gasteiger partial charge in [0.25, 0.3) is 0 Å². The van der Waals surface area contributed by atoms with Crippen LogP contribution in [0.15, 0.2) is 24.3 Å². The number of hydrogen-bond acceptors (Lipinski definition) is 4. The van der Waals surface area contributed by atoms with E-state index in [1.807, 2.05) is 6.07 Å². The van der Waals surface area contributed by atoms with E-state index in [-0.39, 0.29) is 5.69 Å². The predicted molar refractivity (Wildman–Crippen MR) is 66.6 cm³/mol. The van der Waals surface area contributed by atoms with Gasteiger partial charge in [0.2, 0.25) is 0 Å². The quantitative estimate of drug-likeness (QED) is 0.899. The molecule has 1 heterocycles. The number of carbonyl (C=O) groups is 1. The zero-order valence-electron chi connectivity index (χ0n) is 10.4. The summed E-state index contributed by atoms with van der Waals surface area (Å²) in [5, 5.41) is 17.9. The van der Waals surface area contributed by atoms with Crippen LogP contribution in [0.5, 0.6) is 0 Å². The third-order valence-corrected chi connectivity index (χ3v) is 2.67. The lowest BCUT2D eigenvalue weighted by Crippen LogP contribution is -2.15. The number of nitrogens with zero attached hydrogens (tertiary/aromatic N) is 3. The molecule has 0 saturated carbocycles. The van der Waals surface area contributed by atoms with Crippen LogP contribution >= 0.6 is 0 Å². The van der Waals surface area contributed by atoms with Crippen molar-refractivity contribution in [1.29, 1.82) is 5.26 Å². The molecule has 2 aromatic rings. The molecule has 6 nitrogen and oxygen atoms in total. The van der Waals surface area contributed by atoms with E-state index in [1.54, 1.807) is 31.2 Å². The molecule has 96 valence electrons. The Morgan fingerprint density at radius 1 is 1.42 bits per heavy atom. The maximum atomic E-state index is 11.2.